The Morgan fingerprint density at radius 2 is 1.00 bits per heavy atom. The molecule has 1 aliphatic carbocycles. The number of fused-ring (bicyclic) bond motifs is 5. The van der Waals surface area contributed by atoms with E-state index in [1.54, 1.807) is 0 Å². The smallest absolute Gasteiger partial charge is 0.0218 e. The zero-order chi connectivity index (χ0) is 17.8. The third-order valence-electron chi connectivity index (χ3n) is 5.69. The molecule has 0 saturated heterocycles. The van der Waals surface area contributed by atoms with Crippen LogP contribution in [-0.2, 0) is 0 Å². The maximum Gasteiger partial charge on any atom is 0.0218 e. The fourth-order valence-electron chi connectivity index (χ4n) is 4.42. The maximum atomic E-state index is 2.33. The molecule has 5 aromatic rings. The first-order valence-electron chi connectivity index (χ1n) is 9.37. The lowest BCUT2D eigenvalue weighted by Crippen LogP contribution is -1.88. The Balaban J connectivity index is 1.65. The minimum Gasteiger partial charge on any atom is -0.0619 e. The molecule has 6 rings (SSSR count). The minimum atomic E-state index is 1.29. The van der Waals surface area contributed by atoms with Crippen LogP contribution in [-0.4, -0.2) is 0 Å². The molecule has 1 aliphatic rings. The van der Waals surface area contributed by atoms with Crippen LogP contribution in [0.1, 0.15) is 11.1 Å². The molecule has 0 aliphatic heterocycles. The SMILES string of the molecule is [CH]1c2ccccc2-c2cccc(-c3cccc4cc5ccccc5cc34)c21. The molecule has 0 heterocycles. The maximum absolute atomic E-state index is 2.33. The zero-order valence-corrected chi connectivity index (χ0v) is 14.8. The molecule has 27 heavy (non-hydrogen) atoms. The lowest BCUT2D eigenvalue weighted by atomic mass is 9.91. The summed E-state index contributed by atoms with van der Waals surface area (Å²) >= 11 is 0. The van der Waals surface area contributed by atoms with Crippen LogP contribution in [0.5, 0.6) is 0 Å². The van der Waals surface area contributed by atoms with Gasteiger partial charge in [0.2, 0.25) is 0 Å². The quantitative estimate of drug-likeness (QED) is 0.276. The average Bonchev–Trinajstić information content (AvgIpc) is 3.11. The number of rotatable bonds is 1. The van der Waals surface area contributed by atoms with Crippen LogP contribution in [0.4, 0.5) is 0 Å². The van der Waals surface area contributed by atoms with Gasteiger partial charge < -0.3 is 0 Å². The van der Waals surface area contributed by atoms with E-state index < -0.39 is 0 Å². The fraction of sp³-hybridized carbons (Fsp3) is 0. The largest absolute Gasteiger partial charge is 0.0619 e. The van der Waals surface area contributed by atoms with Crippen molar-refractivity contribution in [3.8, 4) is 22.3 Å². The van der Waals surface area contributed by atoms with Crippen LogP contribution in [0.2, 0.25) is 0 Å². The lowest BCUT2D eigenvalue weighted by molar-refractivity contribution is 1.53. The van der Waals surface area contributed by atoms with Crippen molar-refractivity contribution >= 4 is 21.5 Å². The highest BCUT2D eigenvalue weighted by molar-refractivity contribution is 6.06. The van der Waals surface area contributed by atoms with E-state index in [-0.39, 0.29) is 0 Å². The number of hydrogen-bond donors (Lipinski definition) is 0. The molecule has 0 heteroatoms. The van der Waals surface area contributed by atoms with Crippen molar-refractivity contribution in [3.05, 3.63) is 115 Å². The van der Waals surface area contributed by atoms with E-state index in [2.05, 4.69) is 103 Å². The molecule has 5 aromatic carbocycles. The van der Waals surface area contributed by atoms with E-state index in [1.807, 2.05) is 0 Å². The van der Waals surface area contributed by atoms with Crippen LogP contribution < -0.4 is 0 Å². The molecule has 0 saturated carbocycles. The summed E-state index contributed by atoms with van der Waals surface area (Å²) in [6.45, 7) is 0. The summed E-state index contributed by atoms with van der Waals surface area (Å²) < 4.78 is 0. The first-order chi connectivity index (χ1) is 13.4. The predicted octanol–water partition coefficient (Wildman–Crippen LogP) is 7.24. The summed E-state index contributed by atoms with van der Waals surface area (Å²) in [7, 11) is 0. The van der Waals surface area contributed by atoms with E-state index >= 15 is 0 Å². The van der Waals surface area contributed by atoms with Crippen LogP contribution >= 0.6 is 0 Å². The topological polar surface area (TPSA) is 0 Å². The van der Waals surface area contributed by atoms with Gasteiger partial charge in [-0.05, 0) is 67.1 Å². The highest BCUT2D eigenvalue weighted by atomic mass is 14.2. The van der Waals surface area contributed by atoms with Gasteiger partial charge in [-0.15, -0.1) is 0 Å². The molecule has 0 aromatic heterocycles. The third kappa shape index (κ3) is 2.17. The van der Waals surface area contributed by atoms with E-state index in [0.717, 1.165) is 0 Å². The standard InChI is InChI=1S/C27H17/c1-2-8-19-16-26-20(15-18(19)7-1)10-5-12-24(26)25-14-6-13-23-22-11-4-3-9-21(22)17-27(23)25/h1-17H. The summed E-state index contributed by atoms with van der Waals surface area (Å²) in [5.74, 6) is 0. The summed E-state index contributed by atoms with van der Waals surface area (Å²) in [6, 6.07) is 35.2. The van der Waals surface area contributed by atoms with Crippen molar-refractivity contribution in [1.82, 2.24) is 0 Å². The van der Waals surface area contributed by atoms with Crippen LogP contribution in [0.25, 0.3) is 43.8 Å². The molecule has 1 radical (unpaired) electrons. The van der Waals surface area contributed by atoms with Crippen molar-refractivity contribution in [2.45, 2.75) is 0 Å². The minimum absolute atomic E-state index is 1.29. The van der Waals surface area contributed by atoms with Crippen LogP contribution in [0.15, 0.2) is 97.1 Å². The van der Waals surface area contributed by atoms with Crippen molar-refractivity contribution in [2.24, 2.45) is 0 Å². The summed E-state index contributed by atoms with van der Waals surface area (Å²) in [5, 5.41) is 5.19. The Morgan fingerprint density at radius 1 is 0.407 bits per heavy atom. The van der Waals surface area contributed by atoms with Gasteiger partial charge in [-0.1, -0.05) is 84.9 Å². The highest BCUT2D eigenvalue weighted by Crippen LogP contribution is 2.44. The van der Waals surface area contributed by atoms with Gasteiger partial charge in [-0.3, -0.25) is 0 Å². The molecule has 0 unspecified atom stereocenters. The first-order valence-corrected chi connectivity index (χ1v) is 9.37. The third-order valence-corrected chi connectivity index (χ3v) is 5.69. The molecule has 0 fully saturated rings. The van der Waals surface area contributed by atoms with E-state index in [4.69, 9.17) is 0 Å². The van der Waals surface area contributed by atoms with Crippen LogP contribution in [0, 0.1) is 6.42 Å². The van der Waals surface area contributed by atoms with Gasteiger partial charge in [0.05, 0.1) is 0 Å². The second kappa shape index (κ2) is 5.56. The average molecular weight is 341 g/mol. The second-order valence-electron chi connectivity index (χ2n) is 7.22. The molecule has 125 valence electrons. The summed E-state index contributed by atoms with van der Waals surface area (Å²) in [4.78, 5) is 0. The van der Waals surface area contributed by atoms with Gasteiger partial charge in [0.1, 0.15) is 0 Å². The summed E-state index contributed by atoms with van der Waals surface area (Å²) in [5.41, 5.74) is 7.93. The van der Waals surface area contributed by atoms with Gasteiger partial charge in [-0.25, -0.2) is 0 Å². The van der Waals surface area contributed by atoms with Gasteiger partial charge in [0, 0.05) is 6.42 Å². The highest BCUT2D eigenvalue weighted by Gasteiger charge is 2.22. The van der Waals surface area contributed by atoms with Gasteiger partial charge in [-0.2, -0.15) is 0 Å². The molecule has 0 N–H and O–H groups in total. The van der Waals surface area contributed by atoms with Gasteiger partial charge in [0.25, 0.3) is 0 Å². The molecule has 0 spiro atoms. The van der Waals surface area contributed by atoms with Crippen molar-refractivity contribution < 1.29 is 0 Å². The molecule has 0 atom stereocenters. The molecule has 0 nitrogen and oxygen atoms in total. The number of hydrogen-bond acceptors (Lipinski definition) is 0. The van der Waals surface area contributed by atoms with Crippen molar-refractivity contribution in [1.29, 1.82) is 0 Å². The van der Waals surface area contributed by atoms with E-state index in [1.165, 1.54) is 54.9 Å². The zero-order valence-electron chi connectivity index (χ0n) is 14.8. The summed E-state index contributed by atoms with van der Waals surface area (Å²) in [6.07, 6.45) is 2.33. The van der Waals surface area contributed by atoms with Gasteiger partial charge >= 0.3 is 0 Å². The number of benzene rings is 5. The normalized spacial score (nSPS) is 12.3. The first kappa shape index (κ1) is 14.8. The van der Waals surface area contributed by atoms with Crippen LogP contribution in [0.3, 0.4) is 0 Å². The van der Waals surface area contributed by atoms with Crippen molar-refractivity contribution in [2.75, 3.05) is 0 Å². The Labute approximate surface area is 158 Å². The van der Waals surface area contributed by atoms with Crippen molar-refractivity contribution in [3.63, 3.8) is 0 Å². The Morgan fingerprint density at radius 3 is 1.89 bits per heavy atom. The molecular formula is C27H17. The fourth-order valence-corrected chi connectivity index (χ4v) is 4.42. The second-order valence-corrected chi connectivity index (χ2v) is 7.22. The predicted molar refractivity (Wildman–Crippen MR) is 115 cm³/mol. The van der Waals surface area contributed by atoms with E-state index in [0.29, 0.717) is 0 Å². The van der Waals surface area contributed by atoms with Gasteiger partial charge in [0.15, 0.2) is 0 Å². The molecule has 0 amide bonds. The van der Waals surface area contributed by atoms with E-state index in [9.17, 15) is 0 Å². The lowest BCUT2D eigenvalue weighted by Gasteiger charge is -2.13. The monoisotopic (exact) mass is 341 g/mol. The molecular weight excluding hydrogens is 324 g/mol. The molecule has 0 bridgehead atoms. The Bertz CT molecular complexity index is 1340. The Kier molecular flexibility index (Phi) is 3.04. The Hall–Kier alpha value is -3.38.